The number of rotatable bonds is 2. The van der Waals surface area contributed by atoms with E-state index in [4.69, 9.17) is 0 Å². The molecule has 1 aromatic carbocycles. The van der Waals surface area contributed by atoms with Gasteiger partial charge in [0.15, 0.2) is 0 Å². The van der Waals surface area contributed by atoms with Crippen LogP contribution in [0.4, 0.5) is 5.69 Å². The Morgan fingerprint density at radius 1 is 1.43 bits per heavy atom. The van der Waals surface area contributed by atoms with Crippen molar-refractivity contribution in [3.05, 3.63) is 39.9 Å². The smallest absolute Gasteiger partial charge is 0.258 e. The lowest BCUT2D eigenvalue weighted by Crippen LogP contribution is -2.30. The summed E-state index contributed by atoms with van der Waals surface area (Å²) in [5.41, 5.74) is 1.50. The van der Waals surface area contributed by atoms with Crippen molar-refractivity contribution in [1.29, 1.82) is 0 Å². The number of non-ortho nitro benzene ring substituents is 1. The molecule has 0 radical (unpaired) electrons. The minimum atomic E-state index is -0.328. The van der Waals surface area contributed by atoms with E-state index in [2.05, 4.69) is 6.92 Å². The van der Waals surface area contributed by atoms with Gasteiger partial charge in [0.05, 0.1) is 4.92 Å². The molecule has 0 saturated heterocycles. The van der Waals surface area contributed by atoms with E-state index in [0.717, 1.165) is 18.4 Å². The Kier molecular flexibility index (Phi) is 2.02. The third kappa shape index (κ3) is 1.39. The molecule has 1 aromatic rings. The highest BCUT2D eigenvalue weighted by atomic mass is 16.6. The van der Waals surface area contributed by atoms with Crippen LogP contribution in [-0.2, 0) is 5.41 Å². The molecule has 3 heteroatoms. The molecule has 3 nitrogen and oxygen atoms in total. The Balaban J connectivity index is 2.35. The van der Waals surface area contributed by atoms with Crippen LogP contribution in [-0.4, -0.2) is 4.92 Å². The van der Waals surface area contributed by atoms with Gasteiger partial charge in [-0.3, -0.25) is 10.1 Å². The molecule has 1 saturated carbocycles. The Hall–Kier alpha value is -1.38. The molecule has 0 spiro atoms. The fourth-order valence-corrected chi connectivity index (χ4v) is 1.99. The van der Waals surface area contributed by atoms with Gasteiger partial charge in [0, 0.05) is 12.1 Å². The topological polar surface area (TPSA) is 43.1 Å². The highest BCUT2D eigenvalue weighted by molar-refractivity contribution is 5.38. The first-order valence-electron chi connectivity index (χ1n) is 4.87. The minimum Gasteiger partial charge on any atom is -0.258 e. The van der Waals surface area contributed by atoms with Crippen LogP contribution < -0.4 is 0 Å². The summed E-state index contributed by atoms with van der Waals surface area (Å²) in [6.07, 6.45) is 3.53. The summed E-state index contributed by atoms with van der Waals surface area (Å²) < 4.78 is 0. The van der Waals surface area contributed by atoms with Crippen molar-refractivity contribution in [1.82, 2.24) is 0 Å². The quantitative estimate of drug-likeness (QED) is 0.532. The zero-order valence-electron chi connectivity index (χ0n) is 8.19. The summed E-state index contributed by atoms with van der Waals surface area (Å²) >= 11 is 0. The molecule has 0 unspecified atom stereocenters. The maximum Gasteiger partial charge on any atom is 0.269 e. The van der Waals surface area contributed by atoms with Gasteiger partial charge in [0.2, 0.25) is 0 Å². The van der Waals surface area contributed by atoms with E-state index in [1.54, 1.807) is 18.2 Å². The van der Waals surface area contributed by atoms with Crippen molar-refractivity contribution in [2.24, 2.45) is 0 Å². The van der Waals surface area contributed by atoms with Crippen molar-refractivity contribution in [3.8, 4) is 0 Å². The van der Waals surface area contributed by atoms with Gasteiger partial charge in [-0.05, 0) is 23.8 Å². The predicted molar refractivity (Wildman–Crippen MR) is 54.3 cm³/mol. The second kappa shape index (κ2) is 3.08. The zero-order valence-corrected chi connectivity index (χ0v) is 8.19. The average molecular weight is 191 g/mol. The van der Waals surface area contributed by atoms with Crippen LogP contribution in [0.5, 0.6) is 0 Å². The molecule has 14 heavy (non-hydrogen) atoms. The Morgan fingerprint density at radius 2 is 2.14 bits per heavy atom. The number of nitrogens with zero attached hydrogens (tertiary/aromatic N) is 1. The zero-order chi connectivity index (χ0) is 10.2. The molecule has 0 aromatic heterocycles. The van der Waals surface area contributed by atoms with Crippen LogP contribution in [0, 0.1) is 10.1 Å². The first kappa shape index (κ1) is 9.19. The van der Waals surface area contributed by atoms with Crippen molar-refractivity contribution in [2.45, 2.75) is 31.6 Å². The minimum absolute atomic E-state index is 0.187. The van der Waals surface area contributed by atoms with Gasteiger partial charge in [-0.15, -0.1) is 0 Å². The van der Waals surface area contributed by atoms with Gasteiger partial charge in [-0.2, -0.15) is 0 Å². The molecule has 0 heterocycles. The second-order valence-corrected chi connectivity index (χ2v) is 4.22. The first-order chi connectivity index (χ1) is 6.62. The highest BCUT2D eigenvalue weighted by Crippen LogP contribution is 2.43. The van der Waals surface area contributed by atoms with E-state index in [0.29, 0.717) is 0 Å². The fourth-order valence-electron chi connectivity index (χ4n) is 1.99. The third-order valence-electron chi connectivity index (χ3n) is 3.21. The first-order valence-corrected chi connectivity index (χ1v) is 4.87. The van der Waals surface area contributed by atoms with Crippen molar-refractivity contribution < 1.29 is 4.92 Å². The van der Waals surface area contributed by atoms with E-state index in [1.807, 2.05) is 6.07 Å². The molecule has 0 atom stereocenters. The fraction of sp³-hybridized carbons (Fsp3) is 0.455. The summed E-state index contributed by atoms with van der Waals surface area (Å²) in [4.78, 5) is 10.3. The normalized spacial score (nSPS) is 18.6. The monoisotopic (exact) mass is 191 g/mol. The van der Waals surface area contributed by atoms with Gasteiger partial charge in [0.25, 0.3) is 5.69 Å². The molecule has 0 aliphatic heterocycles. The molecule has 1 aliphatic rings. The summed E-state index contributed by atoms with van der Waals surface area (Å²) in [5, 5.41) is 10.6. The Labute approximate surface area is 82.9 Å². The predicted octanol–water partition coefficient (Wildman–Crippen LogP) is 3.04. The van der Waals surface area contributed by atoms with E-state index in [1.165, 1.54) is 6.42 Å². The Morgan fingerprint density at radius 3 is 2.64 bits per heavy atom. The average Bonchev–Trinajstić information content (AvgIpc) is 2.14. The van der Waals surface area contributed by atoms with E-state index >= 15 is 0 Å². The molecule has 1 fully saturated rings. The maximum absolute atomic E-state index is 10.6. The van der Waals surface area contributed by atoms with Crippen LogP contribution in [0.25, 0.3) is 0 Å². The second-order valence-electron chi connectivity index (χ2n) is 4.22. The standard InChI is InChI=1S/C11H13NO2/c1-11(6-3-7-11)9-4-2-5-10(8-9)12(13)14/h2,4-5,8H,3,6-7H2,1H3. The summed E-state index contributed by atoms with van der Waals surface area (Å²) in [7, 11) is 0. The summed E-state index contributed by atoms with van der Waals surface area (Å²) in [6, 6.07) is 7.02. The SMILES string of the molecule is CC1(c2cccc([N+](=O)[O-])c2)CCC1. The van der Waals surface area contributed by atoms with Crippen LogP contribution in [0.2, 0.25) is 0 Å². The molecule has 2 rings (SSSR count). The number of nitro benzene ring substituents is 1. The lowest BCUT2D eigenvalue weighted by Gasteiger charge is -2.38. The van der Waals surface area contributed by atoms with Gasteiger partial charge >= 0.3 is 0 Å². The van der Waals surface area contributed by atoms with Crippen LogP contribution in [0.15, 0.2) is 24.3 Å². The molecule has 0 amide bonds. The third-order valence-corrected chi connectivity index (χ3v) is 3.21. The number of benzene rings is 1. The molecular formula is C11H13NO2. The van der Waals surface area contributed by atoms with Crippen molar-refractivity contribution in [2.75, 3.05) is 0 Å². The highest BCUT2D eigenvalue weighted by Gasteiger charge is 2.34. The maximum atomic E-state index is 10.6. The summed E-state index contributed by atoms with van der Waals surface area (Å²) in [5.74, 6) is 0. The largest absolute Gasteiger partial charge is 0.269 e. The van der Waals surface area contributed by atoms with Gasteiger partial charge in [-0.25, -0.2) is 0 Å². The van der Waals surface area contributed by atoms with E-state index < -0.39 is 0 Å². The number of nitro groups is 1. The molecule has 74 valence electrons. The van der Waals surface area contributed by atoms with Gasteiger partial charge in [0.1, 0.15) is 0 Å². The molecule has 1 aliphatic carbocycles. The van der Waals surface area contributed by atoms with Gasteiger partial charge < -0.3 is 0 Å². The number of hydrogen-bond donors (Lipinski definition) is 0. The van der Waals surface area contributed by atoms with Crippen LogP contribution in [0.3, 0.4) is 0 Å². The molecular weight excluding hydrogens is 178 g/mol. The van der Waals surface area contributed by atoms with Crippen molar-refractivity contribution in [3.63, 3.8) is 0 Å². The van der Waals surface area contributed by atoms with E-state index in [-0.39, 0.29) is 16.0 Å². The summed E-state index contributed by atoms with van der Waals surface area (Å²) in [6.45, 7) is 2.18. The lowest BCUT2D eigenvalue weighted by atomic mass is 9.66. The van der Waals surface area contributed by atoms with Crippen LogP contribution in [0.1, 0.15) is 31.7 Å². The van der Waals surface area contributed by atoms with E-state index in [9.17, 15) is 10.1 Å². The van der Waals surface area contributed by atoms with Gasteiger partial charge in [-0.1, -0.05) is 25.5 Å². The number of hydrogen-bond acceptors (Lipinski definition) is 2. The van der Waals surface area contributed by atoms with Crippen molar-refractivity contribution >= 4 is 5.69 Å². The molecule has 0 bridgehead atoms. The van der Waals surface area contributed by atoms with Crippen LogP contribution >= 0.6 is 0 Å². The molecule has 0 N–H and O–H groups in total. The lowest BCUT2D eigenvalue weighted by molar-refractivity contribution is -0.385. The Bertz CT molecular complexity index is 369.